The molecule has 1 aliphatic rings. The van der Waals surface area contributed by atoms with Crippen molar-refractivity contribution in [3.05, 3.63) is 30.1 Å². The van der Waals surface area contributed by atoms with E-state index in [1.54, 1.807) is 29.4 Å². The van der Waals surface area contributed by atoms with Crippen molar-refractivity contribution in [2.75, 3.05) is 30.3 Å². The van der Waals surface area contributed by atoms with Gasteiger partial charge >= 0.3 is 0 Å². The monoisotopic (exact) mass is 388 g/mol. The van der Waals surface area contributed by atoms with Crippen molar-refractivity contribution < 1.29 is 4.79 Å². The zero-order valence-corrected chi connectivity index (χ0v) is 16.3. The first kappa shape index (κ1) is 17.3. The van der Waals surface area contributed by atoms with Gasteiger partial charge in [-0.2, -0.15) is 0 Å². The highest BCUT2D eigenvalue weighted by Gasteiger charge is 2.34. The highest BCUT2D eigenvalue weighted by molar-refractivity contribution is 7.99. The number of thioether (sulfide) groups is 1. The third-order valence-electron chi connectivity index (χ3n) is 4.36. The number of carbonyl (C=O) groups excluding carboxylic acids is 1. The van der Waals surface area contributed by atoms with Gasteiger partial charge < -0.3 is 14.8 Å². The number of anilines is 1. The van der Waals surface area contributed by atoms with Gasteiger partial charge in [0.05, 0.1) is 16.1 Å². The maximum absolute atomic E-state index is 12.3. The number of fused-ring (bicyclic) bond motifs is 1. The Bertz CT molecular complexity index is 930. The highest BCUT2D eigenvalue weighted by Crippen LogP contribution is 2.33. The molecule has 4 rings (SSSR count). The highest BCUT2D eigenvalue weighted by atomic mass is 32.2. The third-order valence-corrected chi connectivity index (χ3v) is 6.47. The summed E-state index contributed by atoms with van der Waals surface area (Å²) in [6, 6.07) is 6.30. The molecular weight excluding hydrogens is 368 g/mol. The molecule has 1 saturated heterocycles. The summed E-state index contributed by atoms with van der Waals surface area (Å²) < 4.78 is 3.07. The lowest BCUT2D eigenvalue weighted by molar-refractivity contribution is -0.125. The van der Waals surface area contributed by atoms with Crippen LogP contribution in [0.1, 0.15) is 5.56 Å². The van der Waals surface area contributed by atoms with E-state index in [4.69, 9.17) is 0 Å². The average Bonchev–Trinajstić information content (AvgIpc) is 3.16. The van der Waals surface area contributed by atoms with Crippen LogP contribution in [-0.4, -0.2) is 51.0 Å². The van der Waals surface area contributed by atoms with Gasteiger partial charge in [0.2, 0.25) is 5.91 Å². The topological polar surface area (TPSA) is 75.9 Å². The Kier molecular flexibility index (Phi) is 4.82. The average molecular weight is 389 g/mol. The molecule has 1 N–H and O–H groups in total. The summed E-state index contributed by atoms with van der Waals surface area (Å²) in [5.74, 6) is 0.951. The zero-order chi connectivity index (χ0) is 18.1. The van der Waals surface area contributed by atoms with Crippen LogP contribution in [0, 0.1) is 12.8 Å². The summed E-state index contributed by atoms with van der Waals surface area (Å²) >= 11 is 3.28. The van der Waals surface area contributed by atoms with E-state index >= 15 is 0 Å². The lowest BCUT2D eigenvalue weighted by Gasteiger charge is -2.37. The van der Waals surface area contributed by atoms with Crippen molar-refractivity contribution in [3.8, 4) is 0 Å². The van der Waals surface area contributed by atoms with Gasteiger partial charge in [-0.15, -0.1) is 10.2 Å². The molecule has 0 radical (unpaired) electrons. The molecule has 1 aliphatic heterocycles. The molecule has 0 saturated carbocycles. The van der Waals surface area contributed by atoms with Gasteiger partial charge in [0.25, 0.3) is 0 Å². The van der Waals surface area contributed by atoms with Gasteiger partial charge in [-0.3, -0.25) is 4.79 Å². The van der Waals surface area contributed by atoms with Crippen LogP contribution in [0.2, 0.25) is 0 Å². The number of amides is 1. The van der Waals surface area contributed by atoms with Gasteiger partial charge in [-0.1, -0.05) is 29.2 Å². The molecule has 3 aromatic rings. The smallest absolute Gasteiger partial charge is 0.226 e. The standard InChI is InChI=1S/C17H20N6OS2/c1-11-3-4-13-14(7-11)26-16(20-13)23-8-12(9-23)15(24)18-5-6-25-17-21-19-10-22(17)2/h3-4,7,10,12H,5-6,8-9H2,1-2H3,(H,18,24). The Morgan fingerprint density at radius 3 is 3.04 bits per heavy atom. The minimum absolute atomic E-state index is 0.0450. The van der Waals surface area contributed by atoms with Crippen molar-refractivity contribution >= 4 is 44.4 Å². The molecule has 136 valence electrons. The maximum atomic E-state index is 12.3. The first-order valence-corrected chi connectivity index (χ1v) is 10.3. The number of nitrogens with zero attached hydrogens (tertiary/aromatic N) is 5. The predicted molar refractivity (Wildman–Crippen MR) is 105 cm³/mol. The van der Waals surface area contributed by atoms with Crippen molar-refractivity contribution in [2.45, 2.75) is 12.1 Å². The van der Waals surface area contributed by atoms with Crippen LogP contribution in [0.3, 0.4) is 0 Å². The Morgan fingerprint density at radius 2 is 2.27 bits per heavy atom. The lowest BCUT2D eigenvalue weighted by atomic mass is 10.0. The van der Waals surface area contributed by atoms with E-state index in [2.05, 4.69) is 50.5 Å². The molecule has 0 aliphatic carbocycles. The largest absolute Gasteiger partial charge is 0.355 e. The molecule has 1 amide bonds. The van der Waals surface area contributed by atoms with Crippen molar-refractivity contribution in [1.29, 1.82) is 0 Å². The maximum Gasteiger partial charge on any atom is 0.226 e. The van der Waals surface area contributed by atoms with Crippen LogP contribution in [-0.2, 0) is 11.8 Å². The van der Waals surface area contributed by atoms with Crippen molar-refractivity contribution in [2.24, 2.45) is 13.0 Å². The van der Waals surface area contributed by atoms with E-state index in [1.165, 1.54) is 10.3 Å². The Hall–Kier alpha value is -2.13. The molecule has 9 heteroatoms. The molecule has 3 heterocycles. The molecule has 1 aromatic carbocycles. The summed E-state index contributed by atoms with van der Waals surface area (Å²) in [5, 5.41) is 12.7. The van der Waals surface area contributed by atoms with E-state index in [0.717, 1.165) is 34.6 Å². The van der Waals surface area contributed by atoms with Gasteiger partial charge in [-0.05, 0) is 24.6 Å². The van der Waals surface area contributed by atoms with Crippen LogP contribution in [0.4, 0.5) is 5.13 Å². The second-order valence-electron chi connectivity index (χ2n) is 6.43. The fourth-order valence-corrected chi connectivity index (χ4v) is 4.64. The van der Waals surface area contributed by atoms with Gasteiger partial charge in [-0.25, -0.2) is 4.98 Å². The van der Waals surface area contributed by atoms with E-state index in [-0.39, 0.29) is 11.8 Å². The van der Waals surface area contributed by atoms with Crippen LogP contribution in [0.15, 0.2) is 29.7 Å². The summed E-state index contributed by atoms with van der Waals surface area (Å²) in [6.45, 7) is 4.20. The number of rotatable bonds is 6. The number of benzene rings is 1. The molecule has 0 bridgehead atoms. The summed E-state index contributed by atoms with van der Waals surface area (Å²) in [6.07, 6.45) is 1.67. The van der Waals surface area contributed by atoms with Crippen LogP contribution < -0.4 is 10.2 Å². The minimum atomic E-state index is 0.0450. The Balaban J connectivity index is 1.23. The van der Waals surface area contributed by atoms with Gasteiger partial charge in [0, 0.05) is 32.4 Å². The normalized spacial score (nSPS) is 14.6. The van der Waals surface area contributed by atoms with Crippen LogP contribution >= 0.6 is 23.1 Å². The predicted octanol–water partition coefficient (Wildman–Crippen LogP) is 2.08. The summed E-state index contributed by atoms with van der Waals surface area (Å²) in [7, 11) is 1.91. The van der Waals surface area contributed by atoms with E-state index < -0.39 is 0 Å². The SMILES string of the molecule is Cc1ccc2nc(N3CC(C(=O)NCCSc4nncn4C)C3)sc2c1. The van der Waals surface area contributed by atoms with Crippen molar-refractivity contribution in [3.63, 3.8) is 0 Å². The first-order chi connectivity index (χ1) is 12.6. The Morgan fingerprint density at radius 1 is 1.42 bits per heavy atom. The fourth-order valence-electron chi connectivity index (χ4n) is 2.82. The van der Waals surface area contributed by atoms with E-state index in [1.807, 2.05) is 11.6 Å². The number of carbonyl (C=O) groups is 1. The molecule has 7 nitrogen and oxygen atoms in total. The molecule has 0 unspecified atom stereocenters. The molecule has 2 aromatic heterocycles. The first-order valence-electron chi connectivity index (χ1n) is 8.47. The van der Waals surface area contributed by atoms with Gasteiger partial charge in [0.15, 0.2) is 10.3 Å². The molecule has 0 spiro atoms. The minimum Gasteiger partial charge on any atom is -0.355 e. The number of aryl methyl sites for hydroxylation is 2. The number of aromatic nitrogens is 4. The Labute approximate surface area is 159 Å². The molecular formula is C17H20N6OS2. The number of hydrogen-bond donors (Lipinski definition) is 1. The van der Waals surface area contributed by atoms with Crippen LogP contribution in [0.5, 0.6) is 0 Å². The van der Waals surface area contributed by atoms with E-state index in [0.29, 0.717) is 6.54 Å². The quantitative estimate of drug-likeness (QED) is 0.515. The summed E-state index contributed by atoms with van der Waals surface area (Å²) in [4.78, 5) is 19.1. The van der Waals surface area contributed by atoms with Crippen LogP contribution in [0.25, 0.3) is 10.2 Å². The van der Waals surface area contributed by atoms with Gasteiger partial charge in [0.1, 0.15) is 6.33 Å². The second-order valence-corrected chi connectivity index (χ2v) is 8.50. The number of hydrogen-bond acceptors (Lipinski definition) is 7. The fraction of sp³-hybridized carbons (Fsp3) is 0.412. The molecule has 0 atom stereocenters. The number of nitrogens with one attached hydrogen (secondary N) is 1. The molecule has 26 heavy (non-hydrogen) atoms. The second kappa shape index (κ2) is 7.24. The molecule has 1 fully saturated rings. The number of thiazole rings is 1. The van der Waals surface area contributed by atoms with E-state index in [9.17, 15) is 4.79 Å². The summed E-state index contributed by atoms with van der Waals surface area (Å²) in [5.41, 5.74) is 2.28. The zero-order valence-electron chi connectivity index (χ0n) is 14.7. The lowest BCUT2D eigenvalue weighted by Crippen LogP contribution is -2.54. The third kappa shape index (κ3) is 3.54. The van der Waals surface area contributed by atoms with Crippen molar-refractivity contribution in [1.82, 2.24) is 25.1 Å².